The Morgan fingerprint density at radius 2 is 2.29 bits per heavy atom. The first kappa shape index (κ1) is 15.8. The second-order valence-electron chi connectivity index (χ2n) is 5.76. The van der Waals surface area contributed by atoms with Crippen LogP contribution < -0.4 is 15.4 Å². The van der Waals surface area contributed by atoms with E-state index < -0.39 is 0 Å². The maximum Gasteiger partial charge on any atom is 0.258 e. The molecule has 4 nitrogen and oxygen atoms in total. The van der Waals surface area contributed by atoms with Crippen molar-refractivity contribution in [2.45, 2.75) is 51.6 Å². The van der Waals surface area contributed by atoms with E-state index in [1.807, 2.05) is 27.0 Å². The predicted molar refractivity (Wildman–Crippen MR) is 84.6 cm³/mol. The number of fused-ring (bicyclic) bond motifs is 1. The summed E-state index contributed by atoms with van der Waals surface area (Å²) in [7, 11) is 1.99. The Balaban J connectivity index is 1.97. The largest absolute Gasteiger partial charge is 0.484 e. The summed E-state index contributed by atoms with van der Waals surface area (Å²) in [5, 5.41) is 6.26. The molecule has 2 N–H and O–H groups in total. The molecule has 2 rings (SSSR count). The number of carbonyl (C=O) groups is 1. The third-order valence-corrected chi connectivity index (χ3v) is 4.17. The molecule has 0 aliphatic heterocycles. The SMILES string of the molecule is CCC(C)NC(=O)COc1ccc2c(c1)C(NC)CCC2. The van der Waals surface area contributed by atoms with Crippen LogP contribution in [0, 0.1) is 0 Å². The molecule has 1 aromatic rings. The maximum absolute atomic E-state index is 11.7. The molecule has 21 heavy (non-hydrogen) atoms. The number of benzene rings is 1. The highest BCUT2D eigenvalue weighted by Gasteiger charge is 2.19. The van der Waals surface area contributed by atoms with Gasteiger partial charge in [0, 0.05) is 12.1 Å². The van der Waals surface area contributed by atoms with Crippen molar-refractivity contribution < 1.29 is 9.53 Å². The third kappa shape index (κ3) is 4.21. The molecule has 2 unspecified atom stereocenters. The monoisotopic (exact) mass is 290 g/mol. The zero-order valence-corrected chi connectivity index (χ0v) is 13.2. The van der Waals surface area contributed by atoms with Gasteiger partial charge in [-0.2, -0.15) is 0 Å². The van der Waals surface area contributed by atoms with Gasteiger partial charge in [0.15, 0.2) is 6.61 Å². The van der Waals surface area contributed by atoms with E-state index in [2.05, 4.69) is 22.8 Å². The minimum Gasteiger partial charge on any atom is -0.484 e. The van der Waals surface area contributed by atoms with Crippen molar-refractivity contribution in [2.24, 2.45) is 0 Å². The number of aryl methyl sites for hydroxylation is 1. The number of hydrogen-bond donors (Lipinski definition) is 2. The Bertz CT molecular complexity index is 488. The summed E-state index contributed by atoms with van der Waals surface area (Å²) >= 11 is 0. The summed E-state index contributed by atoms with van der Waals surface area (Å²) in [6.45, 7) is 4.12. The molecular formula is C17H26N2O2. The van der Waals surface area contributed by atoms with Crippen molar-refractivity contribution in [2.75, 3.05) is 13.7 Å². The lowest BCUT2D eigenvalue weighted by Gasteiger charge is -2.25. The highest BCUT2D eigenvalue weighted by molar-refractivity contribution is 5.77. The molecule has 0 radical (unpaired) electrons. The van der Waals surface area contributed by atoms with Gasteiger partial charge in [-0.1, -0.05) is 13.0 Å². The van der Waals surface area contributed by atoms with Gasteiger partial charge in [-0.05, 0) is 62.9 Å². The van der Waals surface area contributed by atoms with Crippen molar-refractivity contribution in [3.05, 3.63) is 29.3 Å². The van der Waals surface area contributed by atoms with Gasteiger partial charge >= 0.3 is 0 Å². The van der Waals surface area contributed by atoms with Crippen LogP contribution in [0.15, 0.2) is 18.2 Å². The number of amides is 1. The second kappa shape index (κ2) is 7.46. The molecule has 0 saturated heterocycles. The van der Waals surface area contributed by atoms with Crippen LogP contribution >= 0.6 is 0 Å². The molecule has 1 amide bonds. The quantitative estimate of drug-likeness (QED) is 0.846. The fourth-order valence-electron chi connectivity index (χ4n) is 2.73. The molecule has 0 bridgehead atoms. The van der Waals surface area contributed by atoms with Crippen molar-refractivity contribution in [3.63, 3.8) is 0 Å². The van der Waals surface area contributed by atoms with E-state index in [1.54, 1.807) is 0 Å². The lowest BCUT2D eigenvalue weighted by molar-refractivity contribution is -0.123. The highest BCUT2D eigenvalue weighted by Crippen LogP contribution is 2.32. The highest BCUT2D eigenvalue weighted by atomic mass is 16.5. The Labute approximate surface area is 127 Å². The Hall–Kier alpha value is -1.55. The van der Waals surface area contributed by atoms with Gasteiger partial charge in [0.25, 0.3) is 5.91 Å². The van der Waals surface area contributed by atoms with E-state index in [-0.39, 0.29) is 18.6 Å². The molecule has 1 aliphatic carbocycles. The Kier molecular flexibility index (Phi) is 5.62. The van der Waals surface area contributed by atoms with Crippen molar-refractivity contribution >= 4 is 5.91 Å². The van der Waals surface area contributed by atoms with Crippen LogP contribution in [0.5, 0.6) is 5.75 Å². The fraction of sp³-hybridized carbons (Fsp3) is 0.588. The number of rotatable bonds is 6. The normalized spacial score (nSPS) is 18.7. The Morgan fingerprint density at radius 1 is 1.48 bits per heavy atom. The number of ether oxygens (including phenoxy) is 1. The maximum atomic E-state index is 11.7. The zero-order chi connectivity index (χ0) is 15.2. The first-order chi connectivity index (χ1) is 10.1. The summed E-state index contributed by atoms with van der Waals surface area (Å²) in [6.07, 6.45) is 4.42. The minimum absolute atomic E-state index is 0.0627. The molecule has 2 atom stereocenters. The summed E-state index contributed by atoms with van der Waals surface area (Å²) in [6, 6.07) is 6.75. The zero-order valence-electron chi connectivity index (χ0n) is 13.2. The fourth-order valence-corrected chi connectivity index (χ4v) is 2.73. The summed E-state index contributed by atoms with van der Waals surface area (Å²) < 4.78 is 5.63. The number of nitrogens with one attached hydrogen (secondary N) is 2. The molecule has 0 aromatic heterocycles. The lowest BCUT2D eigenvalue weighted by Crippen LogP contribution is -2.35. The first-order valence-corrected chi connectivity index (χ1v) is 7.86. The molecule has 1 aliphatic rings. The number of carbonyl (C=O) groups excluding carboxylic acids is 1. The van der Waals surface area contributed by atoms with Crippen LogP contribution in [0.1, 0.15) is 50.3 Å². The van der Waals surface area contributed by atoms with Gasteiger partial charge in [0.2, 0.25) is 0 Å². The van der Waals surface area contributed by atoms with Crippen molar-refractivity contribution in [1.29, 1.82) is 0 Å². The number of hydrogen-bond acceptors (Lipinski definition) is 3. The third-order valence-electron chi connectivity index (χ3n) is 4.17. The predicted octanol–water partition coefficient (Wildman–Crippen LogP) is 2.58. The van der Waals surface area contributed by atoms with Gasteiger partial charge in [0.1, 0.15) is 5.75 Å². The molecule has 116 valence electrons. The van der Waals surface area contributed by atoms with E-state index in [9.17, 15) is 4.79 Å². The lowest BCUT2D eigenvalue weighted by atomic mass is 9.87. The van der Waals surface area contributed by atoms with E-state index in [1.165, 1.54) is 17.5 Å². The second-order valence-corrected chi connectivity index (χ2v) is 5.76. The molecule has 0 spiro atoms. The van der Waals surface area contributed by atoms with Crippen LogP contribution in [0.2, 0.25) is 0 Å². The van der Waals surface area contributed by atoms with E-state index in [4.69, 9.17) is 4.74 Å². The van der Waals surface area contributed by atoms with Crippen molar-refractivity contribution in [1.82, 2.24) is 10.6 Å². The van der Waals surface area contributed by atoms with Gasteiger partial charge in [-0.3, -0.25) is 4.79 Å². The van der Waals surface area contributed by atoms with Gasteiger partial charge in [0.05, 0.1) is 0 Å². The summed E-state index contributed by atoms with van der Waals surface area (Å²) in [4.78, 5) is 11.7. The molecule has 1 aromatic carbocycles. The molecule has 0 saturated carbocycles. The molecule has 4 heteroatoms. The van der Waals surface area contributed by atoms with Crippen LogP contribution in [0.3, 0.4) is 0 Å². The molecule has 0 heterocycles. The smallest absolute Gasteiger partial charge is 0.258 e. The summed E-state index contributed by atoms with van der Waals surface area (Å²) in [5.74, 6) is 0.711. The van der Waals surface area contributed by atoms with E-state index in [0.29, 0.717) is 6.04 Å². The van der Waals surface area contributed by atoms with Gasteiger partial charge in [-0.15, -0.1) is 0 Å². The minimum atomic E-state index is -0.0627. The van der Waals surface area contributed by atoms with Crippen LogP contribution in [-0.2, 0) is 11.2 Å². The van der Waals surface area contributed by atoms with Crippen LogP contribution in [-0.4, -0.2) is 25.6 Å². The Morgan fingerprint density at radius 3 is 3.00 bits per heavy atom. The standard InChI is InChI=1S/C17H26N2O2/c1-4-12(2)19-17(20)11-21-14-9-8-13-6-5-7-16(18-3)15(13)10-14/h8-10,12,16,18H,4-7,11H2,1-3H3,(H,19,20). The average molecular weight is 290 g/mol. The summed E-state index contributed by atoms with van der Waals surface area (Å²) in [5.41, 5.74) is 2.69. The molecule has 0 fully saturated rings. The van der Waals surface area contributed by atoms with Crippen LogP contribution in [0.25, 0.3) is 0 Å². The van der Waals surface area contributed by atoms with Gasteiger partial charge in [-0.25, -0.2) is 0 Å². The van der Waals surface area contributed by atoms with Crippen LogP contribution in [0.4, 0.5) is 0 Å². The van der Waals surface area contributed by atoms with Gasteiger partial charge < -0.3 is 15.4 Å². The topological polar surface area (TPSA) is 50.4 Å². The average Bonchev–Trinajstić information content (AvgIpc) is 2.51. The molecular weight excluding hydrogens is 264 g/mol. The van der Waals surface area contributed by atoms with E-state index in [0.717, 1.165) is 25.0 Å². The van der Waals surface area contributed by atoms with Crippen molar-refractivity contribution in [3.8, 4) is 5.75 Å². The van der Waals surface area contributed by atoms with E-state index >= 15 is 0 Å². The first-order valence-electron chi connectivity index (χ1n) is 7.86.